The minimum atomic E-state index is -0.602. The minimum Gasteiger partial charge on any atom is -0.444 e. The first-order valence-electron chi connectivity index (χ1n) is 6.84. The molecule has 1 unspecified atom stereocenters. The normalized spacial score (nSPS) is 12.9. The van der Waals surface area contributed by atoms with E-state index in [1.165, 1.54) is 12.1 Å². The molecule has 4 nitrogen and oxygen atoms in total. The Bertz CT molecular complexity index is 487. The summed E-state index contributed by atoms with van der Waals surface area (Å²) in [5.41, 5.74) is -0.157. The van der Waals surface area contributed by atoms with Crippen LogP contribution in [0.3, 0.4) is 0 Å². The molecule has 0 aromatic heterocycles. The Balaban J connectivity index is 2.34. The van der Waals surface area contributed by atoms with Crippen LogP contribution in [-0.2, 0) is 4.74 Å². The average Bonchev–Trinajstić information content (AvgIpc) is 2.32. The number of carbonyl (C=O) groups is 1. The Labute approximate surface area is 123 Å². The molecule has 1 aromatic rings. The maximum Gasteiger partial charge on any atom is 0.407 e. The maximum atomic E-state index is 13.6. The highest BCUT2D eigenvalue weighted by Crippen LogP contribution is 2.17. The van der Waals surface area contributed by atoms with Crippen LogP contribution >= 0.6 is 0 Å². The smallest absolute Gasteiger partial charge is 0.407 e. The first-order chi connectivity index (χ1) is 9.69. The largest absolute Gasteiger partial charge is 0.444 e. The van der Waals surface area contributed by atoms with E-state index in [2.05, 4.69) is 10.6 Å². The monoisotopic (exact) mass is 300 g/mol. The van der Waals surface area contributed by atoms with Crippen molar-refractivity contribution >= 4 is 6.09 Å². The molecule has 0 saturated heterocycles. The number of halogens is 2. The van der Waals surface area contributed by atoms with Crippen molar-refractivity contribution < 1.29 is 18.3 Å². The summed E-state index contributed by atoms with van der Waals surface area (Å²) < 4.78 is 31.5. The molecule has 1 aromatic carbocycles. The zero-order valence-corrected chi connectivity index (χ0v) is 12.8. The van der Waals surface area contributed by atoms with Gasteiger partial charge in [0.25, 0.3) is 0 Å². The molecular formula is C15H22F2N2O2. The van der Waals surface area contributed by atoms with Gasteiger partial charge in [0, 0.05) is 30.8 Å². The predicted octanol–water partition coefficient (Wildman–Crippen LogP) is 3.14. The van der Waals surface area contributed by atoms with Crippen molar-refractivity contribution in [1.82, 2.24) is 10.6 Å². The van der Waals surface area contributed by atoms with Gasteiger partial charge in [0.15, 0.2) is 0 Å². The Morgan fingerprint density at radius 3 is 2.52 bits per heavy atom. The van der Waals surface area contributed by atoms with Gasteiger partial charge < -0.3 is 15.4 Å². The molecule has 1 atom stereocenters. The fourth-order valence-corrected chi connectivity index (χ4v) is 1.73. The van der Waals surface area contributed by atoms with Crippen LogP contribution in [0.5, 0.6) is 0 Å². The Morgan fingerprint density at radius 1 is 1.29 bits per heavy atom. The Morgan fingerprint density at radius 2 is 1.95 bits per heavy atom. The lowest BCUT2D eigenvalue weighted by molar-refractivity contribution is 0.0528. The van der Waals surface area contributed by atoms with E-state index in [1.54, 1.807) is 27.7 Å². The summed E-state index contributed by atoms with van der Waals surface area (Å²) in [7, 11) is 0. The quantitative estimate of drug-likeness (QED) is 0.821. The summed E-state index contributed by atoms with van der Waals surface area (Å²) in [6.45, 7) is 7.90. The highest BCUT2D eigenvalue weighted by atomic mass is 19.1. The lowest BCUT2D eigenvalue weighted by Crippen LogP contribution is -2.37. The fraction of sp³-hybridized carbons (Fsp3) is 0.533. The molecule has 0 fully saturated rings. The van der Waals surface area contributed by atoms with Crippen molar-refractivity contribution in [3.63, 3.8) is 0 Å². The topological polar surface area (TPSA) is 50.4 Å². The summed E-state index contributed by atoms with van der Waals surface area (Å²) in [4.78, 5) is 11.4. The summed E-state index contributed by atoms with van der Waals surface area (Å²) >= 11 is 0. The standard InChI is InChI=1S/C15H22F2N2O2/c1-10(12-6-5-11(16)9-13(12)17)18-7-8-19-14(20)21-15(2,3)4/h5-6,9-10,18H,7-8H2,1-4H3,(H,19,20). The molecule has 0 bridgehead atoms. The van der Waals surface area contributed by atoms with Crippen molar-refractivity contribution in [2.24, 2.45) is 0 Å². The molecule has 21 heavy (non-hydrogen) atoms. The molecule has 0 spiro atoms. The van der Waals surface area contributed by atoms with Gasteiger partial charge in [-0.15, -0.1) is 0 Å². The molecule has 0 heterocycles. The predicted molar refractivity (Wildman–Crippen MR) is 77.0 cm³/mol. The van der Waals surface area contributed by atoms with Gasteiger partial charge in [-0.25, -0.2) is 13.6 Å². The van der Waals surface area contributed by atoms with Gasteiger partial charge in [-0.1, -0.05) is 6.07 Å². The van der Waals surface area contributed by atoms with E-state index in [4.69, 9.17) is 4.74 Å². The number of carbonyl (C=O) groups excluding carboxylic acids is 1. The van der Waals surface area contributed by atoms with Crippen molar-refractivity contribution in [2.45, 2.75) is 39.3 Å². The van der Waals surface area contributed by atoms with Gasteiger partial charge in [-0.05, 0) is 33.8 Å². The molecule has 0 aliphatic rings. The second-order valence-electron chi connectivity index (χ2n) is 5.77. The molecule has 6 heteroatoms. The number of hydrogen-bond donors (Lipinski definition) is 2. The van der Waals surface area contributed by atoms with E-state index >= 15 is 0 Å². The molecule has 118 valence electrons. The van der Waals surface area contributed by atoms with Gasteiger partial charge in [-0.2, -0.15) is 0 Å². The van der Waals surface area contributed by atoms with Crippen LogP contribution in [0.25, 0.3) is 0 Å². The second kappa shape index (κ2) is 7.36. The number of amides is 1. The molecule has 2 N–H and O–H groups in total. The first kappa shape index (κ1) is 17.4. The zero-order valence-electron chi connectivity index (χ0n) is 12.8. The van der Waals surface area contributed by atoms with Gasteiger partial charge in [0.1, 0.15) is 17.2 Å². The number of benzene rings is 1. The number of alkyl carbamates (subject to hydrolysis) is 1. The molecule has 0 aliphatic heterocycles. The molecular weight excluding hydrogens is 278 g/mol. The van der Waals surface area contributed by atoms with Gasteiger partial charge in [0.2, 0.25) is 0 Å². The van der Waals surface area contributed by atoms with Crippen molar-refractivity contribution in [2.75, 3.05) is 13.1 Å². The minimum absolute atomic E-state index is 0.286. The lowest BCUT2D eigenvalue weighted by atomic mass is 10.1. The van der Waals surface area contributed by atoms with E-state index in [0.29, 0.717) is 18.7 Å². The molecule has 0 aliphatic carbocycles. The van der Waals surface area contributed by atoms with Crippen LogP contribution in [0.1, 0.15) is 39.3 Å². The molecule has 0 saturated carbocycles. The van der Waals surface area contributed by atoms with Gasteiger partial charge in [0.05, 0.1) is 0 Å². The van der Waals surface area contributed by atoms with Crippen molar-refractivity contribution in [3.05, 3.63) is 35.4 Å². The molecule has 1 rings (SSSR count). The summed E-state index contributed by atoms with van der Waals surface area (Å²) in [6, 6.07) is 3.19. The Hall–Kier alpha value is -1.69. The number of nitrogens with one attached hydrogen (secondary N) is 2. The third-order valence-corrected chi connectivity index (χ3v) is 2.67. The zero-order chi connectivity index (χ0) is 16.0. The van der Waals surface area contributed by atoms with Crippen LogP contribution in [0.2, 0.25) is 0 Å². The van der Waals surface area contributed by atoms with Crippen LogP contribution in [-0.4, -0.2) is 24.8 Å². The van der Waals surface area contributed by atoms with Crippen molar-refractivity contribution in [3.8, 4) is 0 Å². The third-order valence-electron chi connectivity index (χ3n) is 2.67. The van der Waals surface area contributed by atoms with E-state index in [1.807, 2.05) is 0 Å². The average molecular weight is 300 g/mol. The van der Waals surface area contributed by atoms with Crippen LogP contribution in [0.15, 0.2) is 18.2 Å². The SMILES string of the molecule is CC(NCCNC(=O)OC(C)(C)C)c1ccc(F)cc1F. The molecule has 0 radical (unpaired) electrons. The number of ether oxygens (including phenoxy) is 1. The van der Waals surface area contributed by atoms with Gasteiger partial charge in [-0.3, -0.25) is 0 Å². The second-order valence-corrected chi connectivity index (χ2v) is 5.77. The highest BCUT2D eigenvalue weighted by Gasteiger charge is 2.16. The van der Waals surface area contributed by atoms with E-state index in [9.17, 15) is 13.6 Å². The van der Waals surface area contributed by atoms with Crippen molar-refractivity contribution in [1.29, 1.82) is 0 Å². The van der Waals surface area contributed by atoms with Crippen LogP contribution < -0.4 is 10.6 Å². The lowest BCUT2D eigenvalue weighted by Gasteiger charge is -2.20. The summed E-state index contributed by atoms with van der Waals surface area (Å²) in [5, 5.41) is 5.64. The molecule has 1 amide bonds. The highest BCUT2D eigenvalue weighted by molar-refractivity contribution is 5.67. The Kier molecular flexibility index (Phi) is 6.08. The fourth-order valence-electron chi connectivity index (χ4n) is 1.73. The first-order valence-corrected chi connectivity index (χ1v) is 6.84. The van der Waals surface area contributed by atoms with Crippen LogP contribution in [0, 0.1) is 11.6 Å². The van der Waals surface area contributed by atoms with Crippen LogP contribution in [0.4, 0.5) is 13.6 Å². The third kappa shape index (κ3) is 6.53. The van der Waals surface area contributed by atoms with E-state index < -0.39 is 23.3 Å². The maximum absolute atomic E-state index is 13.6. The van der Waals surface area contributed by atoms with E-state index in [-0.39, 0.29) is 6.04 Å². The summed E-state index contributed by atoms with van der Waals surface area (Å²) in [5.74, 6) is -1.19. The number of rotatable bonds is 5. The van der Waals surface area contributed by atoms with Gasteiger partial charge >= 0.3 is 6.09 Å². The number of hydrogen-bond acceptors (Lipinski definition) is 3. The summed E-state index contributed by atoms with van der Waals surface area (Å²) in [6.07, 6.45) is -0.495. The van der Waals surface area contributed by atoms with E-state index in [0.717, 1.165) is 6.07 Å².